The molecule has 354 valence electrons. The summed E-state index contributed by atoms with van der Waals surface area (Å²) in [6.45, 7) is 3.34. The fraction of sp³-hybridized carbons (Fsp3) is 0.629. The summed E-state index contributed by atoms with van der Waals surface area (Å²) in [5, 5.41) is 95.1. The summed E-state index contributed by atoms with van der Waals surface area (Å²) in [7, 11) is -5.28. The van der Waals surface area contributed by atoms with Gasteiger partial charge in [0.2, 0.25) is 41.7 Å². The van der Waals surface area contributed by atoms with Gasteiger partial charge in [-0.3, -0.25) is 38.1 Å². The highest BCUT2D eigenvalue weighted by Crippen LogP contribution is 2.32. The quantitative estimate of drug-likeness (QED) is 0.0917. The van der Waals surface area contributed by atoms with Crippen LogP contribution in [-0.4, -0.2) is 185 Å². The molecule has 0 radical (unpaired) electrons. The van der Waals surface area contributed by atoms with Crippen molar-refractivity contribution in [1.82, 2.24) is 31.1 Å². The normalized spacial score (nSPS) is 28.4. The molecule has 3 rings (SSSR count). The van der Waals surface area contributed by atoms with E-state index in [1.54, 1.807) is 0 Å². The monoisotopic (exact) mass is 922 g/mol. The van der Waals surface area contributed by atoms with Crippen LogP contribution in [0.3, 0.4) is 0 Å². The standard InChI is InChI=1S/C35H54N8O19S/c1-13(2)12-43-34(57)24(19(46)11-22(37)48)39-31(54)25(27(50)26(49)15-6-7-18(45)21(9-15)62-63(59,60)61)40-29(52)17-5-4-8-42(17)33(56)23(14(3)44)38-28(51)16(36)10-20(47)30(53)41-32(55)35(43)58/h6-7,9,13-14,16-17,19-20,23-27,30,35,44-47,49-50,53,58H,4-5,8,10-12,36H2,1-3H3,(H2,37,48)(H,38,51)(H,39,54)(H,40,52)(H,41,55)(H,59,60,61)/t14-,16+,17+,19-,20-,23+,24+,25+,26+,27+,30-,35?/m1/s1. The van der Waals surface area contributed by atoms with Crippen molar-refractivity contribution in [2.45, 2.75) is 120 Å². The summed E-state index contributed by atoms with van der Waals surface area (Å²) >= 11 is 0. The van der Waals surface area contributed by atoms with E-state index < -0.39 is 167 Å². The Hall–Kier alpha value is -5.30. The Labute approximate surface area is 359 Å². The molecule has 0 aliphatic carbocycles. The van der Waals surface area contributed by atoms with Crippen molar-refractivity contribution in [2.75, 3.05) is 13.1 Å². The number of phenolic OH excluding ortho intramolecular Hbond substituents is 1. The Morgan fingerprint density at radius 1 is 0.873 bits per heavy atom. The maximum atomic E-state index is 14.3. The van der Waals surface area contributed by atoms with E-state index in [0.29, 0.717) is 11.0 Å². The Morgan fingerprint density at radius 2 is 1.48 bits per heavy atom. The van der Waals surface area contributed by atoms with Crippen LogP contribution in [0.2, 0.25) is 0 Å². The second kappa shape index (κ2) is 21.9. The molecule has 28 heteroatoms. The molecule has 2 heterocycles. The molecule has 2 aliphatic rings. The van der Waals surface area contributed by atoms with Crippen molar-refractivity contribution in [1.29, 1.82) is 0 Å². The minimum Gasteiger partial charge on any atom is -0.504 e. The summed E-state index contributed by atoms with van der Waals surface area (Å²) in [4.78, 5) is 96.0. The number of hydrogen-bond donors (Lipinski definition) is 15. The highest BCUT2D eigenvalue weighted by Gasteiger charge is 2.45. The minimum absolute atomic E-state index is 0.107. The van der Waals surface area contributed by atoms with Gasteiger partial charge in [-0.1, -0.05) is 19.9 Å². The molecule has 63 heavy (non-hydrogen) atoms. The maximum absolute atomic E-state index is 14.3. The van der Waals surface area contributed by atoms with Crippen LogP contribution in [0.15, 0.2) is 18.2 Å². The first-order valence-corrected chi connectivity index (χ1v) is 20.6. The van der Waals surface area contributed by atoms with E-state index in [1.165, 1.54) is 13.8 Å². The number of primary amides is 1. The number of phenols is 1. The molecule has 2 saturated heterocycles. The number of aliphatic hydroxyl groups is 7. The molecule has 12 atom stereocenters. The van der Waals surface area contributed by atoms with Gasteiger partial charge < -0.3 is 87.6 Å². The van der Waals surface area contributed by atoms with Gasteiger partial charge in [0, 0.05) is 19.5 Å². The Bertz CT molecular complexity index is 1970. The summed E-state index contributed by atoms with van der Waals surface area (Å²) in [6.07, 6.45) is -17.8. The predicted octanol–water partition coefficient (Wildman–Crippen LogP) is -7.64. The Kier molecular flexibility index (Phi) is 18.1. The summed E-state index contributed by atoms with van der Waals surface area (Å²) in [6, 6.07) is -7.73. The molecule has 0 aromatic heterocycles. The SMILES string of the molecule is CC(C)CN1C(=O)[C@H]([C@H](O)CC(N)=O)NC(=O)[C@H]([C@H](O)[C@@H](O)c2ccc(O)c(OS(=O)(=O)O)c2)NC(=O)[C@@H]2CCCN2C(=O)[C@H]([C@@H](C)O)NC(=O)[C@@H](N)C[C@@H](O)[C@@H](O)NC(=O)C1O. The number of aliphatic hydroxyl groups excluding tert-OH is 7. The van der Waals surface area contributed by atoms with Crippen LogP contribution >= 0.6 is 0 Å². The zero-order chi connectivity index (χ0) is 47.8. The number of benzene rings is 1. The highest BCUT2D eigenvalue weighted by atomic mass is 32.3. The van der Waals surface area contributed by atoms with Crippen molar-refractivity contribution in [2.24, 2.45) is 17.4 Å². The van der Waals surface area contributed by atoms with E-state index in [2.05, 4.69) is 14.8 Å². The molecular weight excluding hydrogens is 868 g/mol. The molecule has 27 nitrogen and oxygen atoms in total. The van der Waals surface area contributed by atoms with Crippen LogP contribution < -0.4 is 36.9 Å². The topological polar surface area (TPSA) is 452 Å². The molecule has 0 spiro atoms. The van der Waals surface area contributed by atoms with Gasteiger partial charge in [0.15, 0.2) is 17.7 Å². The van der Waals surface area contributed by atoms with Crippen LogP contribution in [0.5, 0.6) is 11.5 Å². The van der Waals surface area contributed by atoms with Crippen molar-refractivity contribution in [3.63, 3.8) is 0 Å². The Morgan fingerprint density at radius 3 is 2.05 bits per heavy atom. The lowest BCUT2D eigenvalue weighted by atomic mass is 9.96. The van der Waals surface area contributed by atoms with Gasteiger partial charge in [-0.25, -0.2) is 0 Å². The number of nitrogens with two attached hydrogens (primary N) is 2. The van der Waals surface area contributed by atoms with Crippen molar-refractivity contribution in [3.8, 4) is 11.5 Å². The average Bonchev–Trinajstić information content (AvgIpc) is 3.68. The fourth-order valence-electron chi connectivity index (χ4n) is 6.69. The first-order chi connectivity index (χ1) is 29.1. The van der Waals surface area contributed by atoms with Gasteiger partial charge in [0.25, 0.3) is 5.91 Å². The number of rotatable bonds is 11. The molecule has 1 unspecified atom stereocenters. The molecule has 1 aromatic carbocycles. The molecular formula is C35H54N8O19S. The smallest absolute Gasteiger partial charge is 0.446 e. The second-order valence-corrected chi connectivity index (χ2v) is 16.4. The number of nitrogens with one attached hydrogen (secondary N) is 4. The van der Waals surface area contributed by atoms with E-state index in [0.717, 1.165) is 24.0 Å². The molecule has 7 amide bonds. The van der Waals surface area contributed by atoms with Crippen molar-refractivity contribution >= 4 is 51.7 Å². The van der Waals surface area contributed by atoms with Crippen LogP contribution in [0.4, 0.5) is 0 Å². The van der Waals surface area contributed by atoms with E-state index in [4.69, 9.17) is 16.0 Å². The van der Waals surface area contributed by atoms with Crippen LogP contribution in [0.1, 0.15) is 58.1 Å². The molecule has 0 bridgehead atoms. The number of fused-ring (bicyclic) bond motifs is 1. The largest absolute Gasteiger partial charge is 0.504 e. The number of carbonyl (C=O) groups excluding carboxylic acids is 7. The predicted molar refractivity (Wildman–Crippen MR) is 209 cm³/mol. The molecule has 2 fully saturated rings. The number of nitrogens with zero attached hydrogens (tertiary/aromatic N) is 2. The van der Waals surface area contributed by atoms with E-state index in [-0.39, 0.29) is 19.4 Å². The lowest BCUT2D eigenvalue weighted by molar-refractivity contribution is -0.161. The maximum Gasteiger partial charge on any atom is 0.446 e. The number of aromatic hydroxyl groups is 1. The lowest BCUT2D eigenvalue weighted by Crippen LogP contribution is -2.65. The molecule has 17 N–H and O–H groups in total. The molecule has 1 aromatic rings. The van der Waals surface area contributed by atoms with Crippen LogP contribution in [0.25, 0.3) is 0 Å². The number of hydrogen-bond acceptors (Lipinski definition) is 19. The zero-order valence-corrected chi connectivity index (χ0v) is 34.9. The highest BCUT2D eigenvalue weighted by molar-refractivity contribution is 7.81. The van der Waals surface area contributed by atoms with Gasteiger partial charge in [0.05, 0.1) is 24.7 Å². The minimum atomic E-state index is -5.28. The third kappa shape index (κ3) is 13.8. The summed E-state index contributed by atoms with van der Waals surface area (Å²) in [5.41, 5.74) is 10.6. The number of carbonyl (C=O) groups is 7. The van der Waals surface area contributed by atoms with E-state index >= 15 is 0 Å². The zero-order valence-electron chi connectivity index (χ0n) is 34.0. The first kappa shape index (κ1) is 52.0. The van der Waals surface area contributed by atoms with Crippen molar-refractivity contribution in [3.05, 3.63) is 23.8 Å². The van der Waals surface area contributed by atoms with Gasteiger partial charge in [-0.15, -0.1) is 0 Å². The van der Waals surface area contributed by atoms with E-state index in [1.807, 2.05) is 10.6 Å². The fourth-order valence-corrected chi connectivity index (χ4v) is 7.05. The van der Waals surface area contributed by atoms with Gasteiger partial charge in [-0.2, -0.15) is 8.42 Å². The second-order valence-electron chi connectivity index (χ2n) is 15.4. The lowest BCUT2D eigenvalue weighted by Gasteiger charge is -2.35. The van der Waals surface area contributed by atoms with Gasteiger partial charge >= 0.3 is 10.4 Å². The molecule has 0 saturated carbocycles. The van der Waals surface area contributed by atoms with Crippen LogP contribution in [-0.2, 0) is 44.0 Å². The summed E-state index contributed by atoms with van der Waals surface area (Å²) < 4.78 is 36.2. The third-order valence-corrected chi connectivity index (χ3v) is 10.3. The summed E-state index contributed by atoms with van der Waals surface area (Å²) in [5.74, 6) is -12.0. The molecule has 2 aliphatic heterocycles. The average molecular weight is 923 g/mol. The Balaban J connectivity index is 2.25. The van der Waals surface area contributed by atoms with Crippen molar-refractivity contribution < 1.29 is 91.6 Å². The number of amides is 7. The van der Waals surface area contributed by atoms with Gasteiger partial charge in [0.1, 0.15) is 42.5 Å². The first-order valence-electron chi connectivity index (χ1n) is 19.3. The van der Waals surface area contributed by atoms with Crippen LogP contribution in [0, 0.1) is 5.92 Å². The van der Waals surface area contributed by atoms with Gasteiger partial charge in [-0.05, 0) is 43.4 Å². The van der Waals surface area contributed by atoms with E-state index in [9.17, 15) is 82.8 Å². The third-order valence-electron chi connectivity index (χ3n) is 9.87.